The Morgan fingerprint density at radius 3 is 2.88 bits per heavy atom. The Bertz CT molecular complexity index is 334. The molecule has 3 atom stereocenters. The molecule has 0 aromatic carbocycles. The molecular formula is C13H18O4. The van der Waals surface area contributed by atoms with Gasteiger partial charge in [-0.1, -0.05) is 12.2 Å². The van der Waals surface area contributed by atoms with Gasteiger partial charge in [0.1, 0.15) is 6.10 Å². The molecule has 0 aliphatic carbocycles. The molecule has 4 heteroatoms. The number of carboxylic acid groups (broad SMARTS) is 1. The molecule has 0 unspecified atom stereocenters. The van der Waals surface area contributed by atoms with E-state index in [9.17, 15) is 9.59 Å². The number of hydrogen-bond donors (Lipinski definition) is 1. The van der Waals surface area contributed by atoms with Crippen molar-refractivity contribution in [2.45, 2.75) is 50.7 Å². The fraction of sp³-hybridized carbons (Fsp3) is 0.692. The minimum atomic E-state index is -0.755. The summed E-state index contributed by atoms with van der Waals surface area (Å²) in [5.41, 5.74) is 0. The molecule has 2 rings (SSSR count). The molecule has 94 valence electrons. The SMILES string of the molecule is O=C(O)CCC/C=C\C[C@H]1C(=O)[C@H]2CC[C@H]1O2. The third kappa shape index (κ3) is 2.94. The number of ether oxygens (including phenoxy) is 1. The summed E-state index contributed by atoms with van der Waals surface area (Å²) >= 11 is 0. The van der Waals surface area contributed by atoms with Gasteiger partial charge in [-0.05, 0) is 32.1 Å². The van der Waals surface area contributed by atoms with Crippen molar-refractivity contribution in [1.29, 1.82) is 0 Å². The Labute approximate surface area is 101 Å². The molecule has 0 saturated carbocycles. The lowest BCUT2D eigenvalue weighted by molar-refractivity contribution is -0.137. The van der Waals surface area contributed by atoms with Gasteiger partial charge in [-0.15, -0.1) is 0 Å². The van der Waals surface area contributed by atoms with Gasteiger partial charge in [-0.25, -0.2) is 0 Å². The Balaban J connectivity index is 1.67. The first-order valence-electron chi connectivity index (χ1n) is 6.24. The summed E-state index contributed by atoms with van der Waals surface area (Å²) in [6, 6.07) is 0. The van der Waals surface area contributed by atoms with Gasteiger partial charge >= 0.3 is 5.97 Å². The van der Waals surface area contributed by atoms with E-state index in [1.54, 1.807) is 0 Å². The van der Waals surface area contributed by atoms with Gasteiger partial charge < -0.3 is 9.84 Å². The zero-order chi connectivity index (χ0) is 12.3. The van der Waals surface area contributed by atoms with E-state index in [0.29, 0.717) is 6.42 Å². The van der Waals surface area contributed by atoms with E-state index in [-0.39, 0.29) is 30.3 Å². The van der Waals surface area contributed by atoms with Crippen molar-refractivity contribution in [2.24, 2.45) is 5.92 Å². The van der Waals surface area contributed by atoms with Crippen molar-refractivity contribution in [3.63, 3.8) is 0 Å². The van der Waals surface area contributed by atoms with Crippen molar-refractivity contribution >= 4 is 11.8 Å². The number of unbranched alkanes of at least 4 members (excludes halogenated alkanes) is 1. The first-order chi connectivity index (χ1) is 8.18. The minimum Gasteiger partial charge on any atom is -0.481 e. The molecule has 0 spiro atoms. The average molecular weight is 238 g/mol. The molecule has 4 nitrogen and oxygen atoms in total. The van der Waals surface area contributed by atoms with Crippen molar-refractivity contribution in [1.82, 2.24) is 0 Å². The normalized spacial score (nSPS) is 31.5. The largest absolute Gasteiger partial charge is 0.481 e. The van der Waals surface area contributed by atoms with Crippen molar-refractivity contribution in [3.05, 3.63) is 12.2 Å². The van der Waals surface area contributed by atoms with Gasteiger partial charge in [-0.2, -0.15) is 0 Å². The third-order valence-electron chi connectivity index (χ3n) is 3.50. The maximum atomic E-state index is 11.7. The van der Waals surface area contributed by atoms with E-state index in [1.807, 2.05) is 12.2 Å². The van der Waals surface area contributed by atoms with E-state index >= 15 is 0 Å². The molecule has 2 heterocycles. The summed E-state index contributed by atoms with van der Waals surface area (Å²) in [4.78, 5) is 22.0. The van der Waals surface area contributed by atoms with E-state index in [4.69, 9.17) is 9.84 Å². The summed E-state index contributed by atoms with van der Waals surface area (Å²) in [5.74, 6) is -0.448. The lowest BCUT2D eigenvalue weighted by Gasteiger charge is -2.14. The molecule has 17 heavy (non-hydrogen) atoms. The maximum Gasteiger partial charge on any atom is 0.303 e. The molecule has 0 radical (unpaired) electrons. The minimum absolute atomic E-state index is 0.0458. The highest BCUT2D eigenvalue weighted by atomic mass is 16.5. The number of carboxylic acids is 1. The third-order valence-corrected chi connectivity index (χ3v) is 3.50. The van der Waals surface area contributed by atoms with Gasteiger partial charge in [0.2, 0.25) is 0 Å². The number of ketones is 1. The van der Waals surface area contributed by atoms with E-state index in [2.05, 4.69) is 0 Å². The zero-order valence-corrected chi connectivity index (χ0v) is 9.80. The van der Waals surface area contributed by atoms with E-state index < -0.39 is 5.97 Å². The van der Waals surface area contributed by atoms with Crippen LogP contribution < -0.4 is 0 Å². The first kappa shape index (κ1) is 12.3. The Morgan fingerprint density at radius 2 is 2.24 bits per heavy atom. The van der Waals surface area contributed by atoms with Crippen molar-refractivity contribution in [3.8, 4) is 0 Å². The van der Waals surface area contributed by atoms with Crippen LogP contribution in [0.1, 0.15) is 38.5 Å². The van der Waals surface area contributed by atoms with Crippen LogP contribution in [0.4, 0.5) is 0 Å². The molecule has 0 aromatic rings. The Morgan fingerprint density at radius 1 is 1.41 bits per heavy atom. The summed E-state index contributed by atoms with van der Waals surface area (Å²) in [7, 11) is 0. The predicted molar refractivity (Wildman–Crippen MR) is 61.6 cm³/mol. The number of fused-ring (bicyclic) bond motifs is 2. The summed E-state index contributed by atoms with van der Waals surface area (Å²) < 4.78 is 5.55. The van der Waals surface area contributed by atoms with Crippen LogP contribution in [0.5, 0.6) is 0 Å². The second-order valence-electron chi connectivity index (χ2n) is 4.74. The highest BCUT2D eigenvalue weighted by Gasteiger charge is 2.47. The molecule has 2 saturated heterocycles. The molecule has 2 bridgehead atoms. The number of carbonyl (C=O) groups is 2. The number of allylic oxidation sites excluding steroid dienone is 2. The number of carbonyl (C=O) groups excluding carboxylic acids is 1. The fourth-order valence-corrected chi connectivity index (χ4v) is 2.59. The molecule has 2 aliphatic heterocycles. The summed E-state index contributed by atoms with van der Waals surface area (Å²) in [6.45, 7) is 0. The summed E-state index contributed by atoms with van der Waals surface area (Å²) in [5, 5.41) is 8.46. The van der Waals surface area contributed by atoms with Crippen LogP contribution >= 0.6 is 0 Å². The maximum absolute atomic E-state index is 11.7. The monoisotopic (exact) mass is 238 g/mol. The van der Waals surface area contributed by atoms with Crippen LogP contribution in [-0.4, -0.2) is 29.1 Å². The van der Waals surface area contributed by atoms with Crippen LogP contribution in [-0.2, 0) is 14.3 Å². The van der Waals surface area contributed by atoms with Gasteiger partial charge in [0.25, 0.3) is 0 Å². The molecular weight excluding hydrogens is 220 g/mol. The van der Waals surface area contributed by atoms with Gasteiger partial charge in [0, 0.05) is 6.42 Å². The standard InChI is InChI=1S/C13H18O4/c14-12(15)6-4-2-1-3-5-9-10-7-8-11(17-10)13(9)16/h1,3,9-11H,2,4-8H2,(H,14,15)/b3-1-/t9-,10-,11-/m1/s1. The lowest BCUT2D eigenvalue weighted by atomic mass is 9.85. The highest BCUT2D eigenvalue weighted by Crippen LogP contribution is 2.37. The molecule has 2 fully saturated rings. The van der Waals surface area contributed by atoms with Crippen LogP contribution in [0.25, 0.3) is 0 Å². The van der Waals surface area contributed by atoms with Gasteiger partial charge in [0.15, 0.2) is 5.78 Å². The van der Waals surface area contributed by atoms with Crippen LogP contribution in [0.3, 0.4) is 0 Å². The number of rotatable bonds is 6. The van der Waals surface area contributed by atoms with Crippen molar-refractivity contribution in [2.75, 3.05) is 0 Å². The fourth-order valence-electron chi connectivity index (χ4n) is 2.59. The highest BCUT2D eigenvalue weighted by molar-refractivity contribution is 5.88. The summed E-state index contributed by atoms with van der Waals surface area (Å²) in [6.07, 6.45) is 8.25. The Hall–Kier alpha value is -1.16. The molecule has 1 N–H and O–H groups in total. The predicted octanol–water partition coefficient (Wildman–Crippen LogP) is 1.93. The first-order valence-corrected chi connectivity index (χ1v) is 6.24. The van der Waals surface area contributed by atoms with E-state index in [1.165, 1.54) is 0 Å². The number of aliphatic carboxylic acids is 1. The molecule has 0 aromatic heterocycles. The van der Waals surface area contributed by atoms with Crippen LogP contribution in [0.2, 0.25) is 0 Å². The number of Topliss-reactive ketones (excluding diaryl/α,β-unsaturated/α-hetero) is 1. The second-order valence-corrected chi connectivity index (χ2v) is 4.74. The molecule has 0 amide bonds. The quantitative estimate of drug-likeness (QED) is 0.567. The smallest absolute Gasteiger partial charge is 0.303 e. The average Bonchev–Trinajstić information content (AvgIpc) is 2.85. The van der Waals surface area contributed by atoms with Gasteiger partial charge in [-0.3, -0.25) is 9.59 Å². The molecule has 2 aliphatic rings. The van der Waals surface area contributed by atoms with E-state index in [0.717, 1.165) is 25.7 Å². The van der Waals surface area contributed by atoms with Gasteiger partial charge in [0.05, 0.1) is 12.0 Å². The lowest BCUT2D eigenvalue weighted by Crippen LogP contribution is -2.26. The topological polar surface area (TPSA) is 63.6 Å². The number of hydrogen-bond acceptors (Lipinski definition) is 3. The van der Waals surface area contributed by atoms with Crippen LogP contribution in [0.15, 0.2) is 12.2 Å². The van der Waals surface area contributed by atoms with Crippen LogP contribution in [0, 0.1) is 5.92 Å². The second kappa shape index (κ2) is 5.45. The Kier molecular flexibility index (Phi) is 3.94. The van der Waals surface area contributed by atoms with Crippen molar-refractivity contribution < 1.29 is 19.4 Å². The zero-order valence-electron chi connectivity index (χ0n) is 9.80.